The smallest absolute Gasteiger partial charge is 0.137 e. The maximum absolute atomic E-state index is 4.77. The number of hydrogen-bond acceptors (Lipinski definition) is 2. The number of hydrogen-bond donors (Lipinski definition) is 0. The lowest BCUT2D eigenvalue weighted by Gasteiger charge is -2.31. The van der Waals surface area contributed by atoms with Crippen molar-refractivity contribution in [2.75, 3.05) is 4.90 Å². The second-order valence-corrected chi connectivity index (χ2v) is 8.77. The molecular weight excluding hydrogens is 390 g/mol. The number of fused-ring (bicyclic) bond motifs is 6. The Hall–Kier alpha value is -3.85. The van der Waals surface area contributed by atoms with Crippen LogP contribution in [-0.2, 0) is 0 Å². The molecule has 4 aromatic rings. The number of aromatic nitrogens is 2. The molecular formula is C29H23N3. The van der Waals surface area contributed by atoms with E-state index in [1.807, 2.05) is 6.20 Å². The molecule has 7 rings (SSSR count). The molecule has 0 N–H and O–H groups in total. The molecule has 1 aliphatic heterocycles. The molecule has 2 aromatic carbocycles. The molecule has 3 heteroatoms. The van der Waals surface area contributed by atoms with Gasteiger partial charge in [0.1, 0.15) is 5.82 Å². The molecule has 3 heterocycles. The Morgan fingerprint density at radius 1 is 0.781 bits per heavy atom. The maximum Gasteiger partial charge on any atom is 0.137 e. The summed E-state index contributed by atoms with van der Waals surface area (Å²) in [6.07, 6.45) is 18.9. The Kier molecular flexibility index (Phi) is 3.80. The summed E-state index contributed by atoms with van der Waals surface area (Å²) >= 11 is 0. The van der Waals surface area contributed by atoms with Crippen molar-refractivity contribution >= 4 is 27.6 Å². The van der Waals surface area contributed by atoms with Crippen molar-refractivity contribution < 1.29 is 0 Å². The molecule has 0 amide bonds. The second kappa shape index (κ2) is 6.83. The molecule has 2 aliphatic carbocycles. The number of rotatable bonds is 2. The monoisotopic (exact) mass is 413 g/mol. The maximum atomic E-state index is 4.77. The molecule has 32 heavy (non-hydrogen) atoms. The Bertz CT molecular complexity index is 1430. The minimum Gasteiger partial charge on any atom is -0.333 e. The van der Waals surface area contributed by atoms with Gasteiger partial charge in [-0.2, -0.15) is 0 Å². The van der Waals surface area contributed by atoms with Crippen LogP contribution >= 0.6 is 0 Å². The first kappa shape index (κ1) is 17.8. The summed E-state index contributed by atoms with van der Waals surface area (Å²) in [5.74, 6) is 1.46. The van der Waals surface area contributed by atoms with Gasteiger partial charge in [0, 0.05) is 45.2 Å². The number of pyridine rings is 1. The molecule has 2 aromatic heterocycles. The molecule has 154 valence electrons. The topological polar surface area (TPSA) is 21.1 Å². The van der Waals surface area contributed by atoms with Crippen LogP contribution in [0.15, 0.2) is 115 Å². The first-order valence-electron chi connectivity index (χ1n) is 11.4. The minimum atomic E-state index is 0.297. The van der Waals surface area contributed by atoms with Gasteiger partial charge in [-0.05, 0) is 30.7 Å². The lowest BCUT2D eigenvalue weighted by Crippen LogP contribution is -2.32. The highest BCUT2D eigenvalue weighted by atomic mass is 15.2. The summed E-state index contributed by atoms with van der Waals surface area (Å²) in [5.41, 5.74) is 5.16. The van der Waals surface area contributed by atoms with E-state index in [9.17, 15) is 0 Å². The van der Waals surface area contributed by atoms with E-state index in [0.29, 0.717) is 18.0 Å². The van der Waals surface area contributed by atoms with Crippen molar-refractivity contribution in [3.8, 4) is 0 Å². The molecule has 0 bridgehead atoms. The zero-order valence-corrected chi connectivity index (χ0v) is 17.7. The van der Waals surface area contributed by atoms with Gasteiger partial charge in [-0.15, -0.1) is 0 Å². The van der Waals surface area contributed by atoms with Crippen LogP contribution in [0.2, 0.25) is 0 Å². The fourth-order valence-electron chi connectivity index (χ4n) is 5.71. The van der Waals surface area contributed by atoms with E-state index in [2.05, 4.69) is 113 Å². The van der Waals surface area contributed by atoms with E-state index in [-0.39, 0.29) is 0 Å². The van der Waals surface area contributed by atoms with Gasteiger partial charge in [-0.3, -0.25) is 0 Å². The molecule has 3 unspecified atom stereocenters. The molecule has 3 atom stereocenters. The first-order chi connectivity index (χ1) is 15.9. The minimum absolute atomic E-state index is 0.297. The normalized spacial score (nSPS) is 23.6. The van der Waals surface area contributed by atoms with Gasteiger partial charge in [0.25, 0.3) is 0 Å². The lowest BCUT2D eigenvalue weighted by molar-refractivity contribution is 0.636. The van der Waals surface area contributed by atoms with Gasteiger partial charge in [-0.25, -0.2) is 4.98 Å². The molecule has 3 aliphatic rings. The predicted molar refractivity (Wildman–Crippen MR) is 132 cm³/mol. The third-order valence-electron chi connectivity index (χ3n) is 7.09. The summed E-state index contributed by atoms with van der Waals surface area (Å²) in [6.45, 7) is 0. The van der Waals surface area contributed by atoms with Crippen LogP contribution in [0.3, 0.4) is 0 Å². The third-order valence-corrected chi connectivity index (χ3v) is 7.09. The van der Waals surface area contributed by atoms with Crippen molar-refractivity contribution in [1.29, 1.82) is 0 Å². The Balaban J connectivity index is 1.29. The highest BCUT2D eigenvalue weighted by Gasteiger charge is 2.39. The third kappa shape index (κ3) is 2.45. The van der Waals surface area contributed by atoms with Gasteiger partial charge in [0.05, 0.1) is 12.1 Å². The summed E-state index contributed by atoms with van der Waals surface area (Å²) in [6, 6.07) is 22.4. The SMILES string of the molecule is C1=CC2c3cccnc3N(C3=CCC(n4c5ccccc5c5ccccc54)C=C3)C2C=C1. The van der Waals surface area contributed by atoms with Gasteiger partial charge < -0.3 is 9.47 Å². The summed E-state index contributed by atoms with van der Waals surface area (Å²) in [7, 11) is 0. The Labute approximate surface area is 187 Å². The van der Waals surface area contributed by atoms with E-state index in [0.717, 1.165) is 12.2 Å². The Morgan fingerprint density at radius 2 is 1.53 bits per heavy atom. The van der Waals surface area contributed by atoms with Crippen LogP contribution in [0.25, 0.3) is 21.8 Å². The summed E-state index contributed by atoms with van der Waals surface area (Å²) < 4.78 is 2.50. The van der Waals surface area contributed by atoms with Crippen molar-refractivity contribution in [2.45, 2.75) is 24.4 Å². The van der Waals surface area contributed by atoms with Gasteiger partial charge in [-0.1, -0.05) is 78.9 Å². The van der Waals surface area contributed by atoms with E-state index in [4.69, 9.17) is 4.98 Å². The van der Waals surface area contributed by atoms with Crippen LogP contribution in [-0.4, -0.2) is 15.6 Å². The number of anilines is 1. The van der Waals surface area contributed by atoms with E-state index < -0.39 is 0 Å². The number of nitrogens with zero attached hydrogens (tertiary/aromatic N) is 3. The van der Waals surface area contributed by atoms with E-state index in [1.165, 1.54) is 33.1 Å². The van der Waals surface area contributed by atoms with Crippen LogP contribution in [0.4, 0.5) is 5.82 Å². The summed E-state index contributed by atoms with van der Waals surface area (Å²) in [4.78, 5) is 7.18. The molecule has 0 fully saturated rings. The number of para-hydroxylation sites is 2. The second-order valence-electron chi connectivity index (χ2n) is 8.77. The van der Waals surface area contributed by atoms with Gasteiger partial charge >= 0.3 is 0 Å². The van der Waals surface area contributed by atoms with Crippen molar-refractivity contribution in [1.82, 2.24) is 9.55 Å². The van der Waals surface area contributed by atoms with Crippen molar-refractivity contribution in [3.63, 3.8) is 0 Å². The predicted octanol–water partition coefficient (Wildman–Crippen LogP) is 6.67. The van der Waals surface area contributed by atoms with Crippen LogP contribution in [0.5, 0.6) is 0 Å². The number of benzene rings is 2. The largest absolute Gasteiger partial charge is 0.333 e. The van der Waals surface area contributed by atoms with Crippen LogP contribution < -0.4 is 4.90 Å². The molecule has 3 nitrogen and oxygen atoms in total. The Morgan fingerprint density at radius 3 is 2.28 bits per heavy atom. The van der Waals surface area contributed by atoms with Crippen molar-refractivity contribution in [2.24, 2.45) is 0 Å². The van der Waals surface area contributed by atoms with Gasteiger partial charge in [0.2, 0.25) is 0 Å². The molecule has 0 saturated carbocycles. The number of allylic oxidation sites excluding steroid dienone is 5. The molecule has 0 spiro atoms. The zero-order valence-electron chi connectivity index (χ0n) is 17.7. The van der Waals surface area contributed by atoms with E-state index in [1.54, 1.807) is 0 Å². The average molecular weight is 414 g/mol. The highest BCUT2D eigenvalue weighted by molar-refractivity contribution is 6.08. The van der Waals surface area contributed by atoms with Crippen LogP contribution in [0, 0.1) is 0 Å². The summed E-state index contributed by atoms with van der Waals surface area (Å²) in [5, 5.41) is 2.65. The lowest BCUT2D eigenvalue weighted by atomic mass is 9.92. The fourth-order valence-corrected chi connectivity index (χ4v) is 5.71. The van der Waals surface area contributed by atoms with Gasteiger partial charge in [0.15, 0.2) is 0 Å². The fraction of sp³-hybridized carbons (Fsp3) is 0.138. The quantitative estimate of drug-likeness (QED) is 0.366. The molecule has 0 saturated heterocycles. The first-order valence-corrected chi connectivity index (χ1v) is 11.4. The highest BCUT2D eigenvalue weighted by Crippen LogP contribution is 2.45. The standard InChI is InChI=1S/C29H23N3/c1-4-12-26-22(8-1)23-9-2-5-13-27(23)31(26)20-15-17-21(18-16-20)32-28-14-6-3-10-24(28)25-11-7-19-30-29(25)32/h1-15,17-20,24,28H,16H2. The molecule has 0 radical (unpaired) electrons. The van der Waals surface area contributed by atoms with Crippen LogP contribution in [0.1, 0.15) is 23.9 Å². The average Bonchev–Trinajstić information content (AvgIpc) is 3.38. The zero-order chi connectivity index (χ0) is 21.1. The van der Waals surface area contributed by atoms with Crippen molar-refractivity contribution in [3.05, 3.63) is 121 Å². The van der Waals surface area contributed by atoms with E-state index >= 15 is 0 Å².